The molecule has 0 bridgehead atoms. The van der Waals surface area contributed by atoms with Crippen molar-refractivity contribution in [3.63, 3.8) is 0 Å². The van der Waals surface area contributed by atoms with Crippen LogP contribution in [0.5, 0.6) is 0 Å². The highest BCUT2D eigenvalue weighted by molar-refractivity contribution is 5.85. The van der Waals surface area contributed by atoms with Crippen molar-refractivity contribution < 1.29 is 0 Å². The van der Waals surface area contributed by atoms with Crippen LogP contribution < -0.4 is 5.73 Å². The standard InChI is InChI=1S/C7H11N3.ClH/c1-10-5-6(4-9-10)7(8)2-3-7;/h4-5H,2-3,8H2,1H3;1H. The van der Waals surface area contributed by atoms with Gasteiger partial charge < -0.3 is 5.73 Å². The van der Waals surface area contributed by atoms with Gasteiger partial charge in [-0.3, -0.25) is 4.68 Å². The minimum absolute atomic E-state index is 0. The molecule has 1 aromatic heterocycles. The van der Waals surface area contributed by atoms with Gasteiger partial charge in [0.2, 0.25) is 0 Å². The average Bonchev–Trinajstić information content (AvgIpc) is 2.45. The van der Waals surface area contributed by atoms with Crippen LogP contribution in [0.15, 0.2) is 12.4 Å². The lowest BCUT2D eigenvalue weighted by Gasteiger charge is -2.01. The molecule has 0 radical (unpaired) electrons. The number of rotatable bonds is 1. The van der Waals surface area contributed by atoms with Crippen molar-refractivity contribution in [1.82, 2.24) is 9.78 Å². The Morgan fingerprint density at radius 3 is 2.64 bits per heavy atom. The third-order valence-corrected chi connectivity index (χ3v) is 2.07. The molecule has 1 aliphatic carbocycles. The van der Waals surface area contributed by atoms with Crippen LogP contribution in [-0.4, -0.2) is 9.78 Å². The zero-order chi connectivity index (χ0) is 7.19. The Morgan fingerprint density at radius 2 is 2.27 bits per heavy atom. The first kappa shape index (κ1) is 8.56. The van der Waals surface area contributed by atoms with Gasteiger partial charge in [-0.1, -0.05) is 0 Å². The number of hydrogen-bond donors (Lipinski definition) is 1. The summed E-state index contributed by atoms with van der Waals surface area (Å²) in [6.45, 7) is 0. The van der Waals surface area contributed by atoms with Crippen LogP contribution in [0.4, 0.5) is 0 Å². The number of halogens is 1. The smallest absolute Gasteiger partial charge is 0.0540 e. The molecular weight excluding hydrogens is 162 g/mol. The van der Waals surface area contributed by atoms with E-state index in [4.69, 9.17) is 5.73 Å². The molecule has 0 aromatic carbocycles. The highest BCUT2D eigenvalue weighted by atomic mass is 35.5. The van der Waals surface area contributed by atoms with Gasteiger partial charge in [-0.2, -0.15) is 5.10 Å². The number of aromatic nitrogens is 2. The minimum Gasteiger partial charge on any atom is -0.321 e. The van der Waals surface area contributed by atoms with E-state index >= 15 is 0 Å². The highest BCUT2D eigenvalue weighted by Gasteiger charge is 2.40. The molecule has 11 heavy (non-hydrogen) atoms. The summed E-state index contributed by atoms with van der Waals surface area (Å²) in [5.41, 5.74) is 7.08. The second kappa shape index (κ2) is 2.50. The van der Waals surface area contributed by atoms with Crippen molar-refractivity contribution >= 4 is 12.4 Å². The van der Waals surface area contributed by atoms with Crippen LogP contribution in [0.3, 0.4) is 0 Å². The molecule has 0 spiro atoms. The Morgan fingerprint density at radius 1 is 1.64 bits per heavy atom. The first-order valence-corrected chi connectivity index (χ1v) is 3.49. The molecule has 0 atom stereocenters. The number of nitrogens with zero attached hydrogens (tertiary/aromatic N) is 2. The summed E-state index contributed by atoms with van der Waals surface area (Å²) in [6, 6.07) is 0. The summed E-state index contributed by atoms with van der Waals surface area (Å²) in [4.78, 5) is 0. The largest absolute Gasteiger partial charge is 0.321 e. The van der Waals surface area contributed by atoms with Crippen LogP contribution in [-0.2, 0) is 12.6 Å². The Bertz CT molecular complexity index is 252. The molecule has 1 saturated carbocycles. The average molecular weight is 174 g/mol. The molecule has 3 nitrogen and oxygen atoms in total. The zero-order valence-electron chi connectivity index (χ0n) is 6.45. The van der Waals surface area contributed by atoms with Crippen molar-refractivity contribution in [2.45, 2.75) is 18.4 Å². The monoisotopic (exact) mass is 173 g/mol. The lowest BCUT2D eigenvalue weighted by Crippen LogP contribution is -2.17. The van der Waals surface area contributed by atoms with Gasteiger partial charge in [0.05, 0.1) is 6.20 Å². The second-order valence-electron chi connectivity index (χ2n) is 3.06. The van der Waals surface area contributed by atoms with Crippen molar-refractivity contribution in [3.8, 4) is 0 Å². The van der Waals surface area contributed by atoms with Gasteiger partial charge >= 0.3 is 0 Å². The minimum atomic E-state index is -0.0196. The maximum atomic E-state index is 5.93. The molecule has 1 fully saturated rings. The molecule has 0 saturated heterocycles. The summed E-state index contributed by atoms with van der Waals surface area (Å²) < 4.78 is 1.79. The SMILES string of the molecule is Cl.Cn1cc(C2(N)CC2)cn1. The highest BCUT2D eigenvalue weighted by Crippen LogP contribution is 2.42. The van der Waals surface area contributed by atoms with Crippen molar-refractivity contribution in [2.24, 2.45) is 12.8 Å². The van der Waals surface area contributed by atoms with Crippen molar-refractivity contribution in [2.75, 3.05) is 0 Å². The lowest BCUT2D eigenvalue weighted by atomic mass is 10.1. The van der Waals surface area contributed by atoms with E-state index in [1.54, 1.807) is 4.68 Å². The van der Waals surface area contributed by atoms with Gasteiger partial charge in [-0.15, -0.1) is 12.4 Å². The third-order valence-electron chi connectivity index (χ3n) is 2.07. The van der Waals surface area contributed by atoms with E-state index in [1.165, 1.54) is 5.56 Å². The summed E-state index contributed by atoms with van der Waals surface area (Å²) >= 11 is 0. The van der Waals surface area contributed by atoms with E-state index in [2.05, 4.69) is 5.10 Å². The molecule has 1 heterocycles. The van der Waals surface area contributed by atoms with Crippen LogP contribution in [0.2, 0.25) is 0 Å². The molecule has 4 heteroatoms. The lowest BCUT2D eigenvalue weighted by molar-refractivity contribution is 0.731. The summed E-state index contributed by atoms with van der Waals surface area (Å²) in [5.74, 6) is 0. The van der Waals surface area contributed by atoms with E-state index in [0.717, 1.165) is 12.8 Å². The molecule has 2 rings (SSSR count). The molecule has 62 valence electrons. The fraction of sp³-hybridized carbons (Fsp3) is 0.571. The zero-order valence-corrected chi connectivity index (χ0v) is 7.27. The van der Waals surface area contributed by atoms with Gasteiger partial charge in [0, 0.05) is 24.3 Å². The Balaban J connectivity index is 0.000000605. The number of aryl methyl sites for hydroxylation is 1. The summed E-state index contributed by atoms with van der Waals surface area (Å²) in [5, 5.41) is 4.06. The first-order valence-electron chi connectivity index (χ1n) is 3.49. The van der Waals surface area contributed by atoms with Crippen molar-refractivity contribution in [3.05, 3.63) is 18.0 Å². The second-order valence-corrected chi connectivity index (χ2v) is 3.06. The normalized spacial score (nSPS) is 19.1. The van der Waals surface area contributed by atoms with Gasteiger partial charge in [-0.05, 0) is 12.8 Å². The third kappa shape index (κ3) is 1.39. The molecule has 1 aromatic rings. The van der Waals surface area contributed by atoms with Gasteiger partial charge in [0.1, 0.15) is 0 Å². The molecular formula is C7H12ClN3. The predicted molar refractivity (Wildman–Crippen MR) is 45.6 cm³/mol. The molecule has 0 amide bonds. The summed E-state index contributed by atoms with van der Waals surface area (Å²) in [7, 11) is 1.91. The van der Waals surface area contributed by atoms with Gasteiger partial charge in [-0.25, -0.2) is 0 Å². The molecule has 0 unspecified atom stereocenters. The van der Waals surface area contributed by atoms with E-state index in [1.807, 2.05) is 19.4 Å². The maximum Gasteiger partial charge on any atom is 0.0540 e. The maximum absolute atomic E-state index is 5.93. The molecule has 2 N–H and O–H groups in total. The van der Waals surface area contributed by atoms with E-state index in [-0.39, 0.29) is 17.9 Å². The van der Waals surface area contributed by atoms with Gasteiger partial charge in [0.25, 0.3) is 0 Å². The van der Waals surface area contributed by atoms with Crippen LogP contribution in [0, 0.1) is 0 Å². The Labute approximate surface area is 72.0 Å². The van der Waals surface area contributed by atoms with Gasteiger partial charge in [0.15, 0.2) is 0 Å². The fourth-order valence-electron chi connectivity index (χ4n) is 1.10. The van der Waals surface area contributed by atoms with Crippen LogP contribution >= 0.6 is 12.4 Å². The van der Waals surface area contributed by atoms with E-state index < -0.39 is 0 Å². The number of nitrogens with two attached hydrogens (primary N) is 1. The molecule has 1 aliphatic rings. The van der Waals surface area contributed by atoms with E-state index in [9.17, 15) is 0 Å². The molecule has 0 aliphatic heterocycles. The first-order chi connectivity index (χ1) is 4.71. The van der Waals surface area contributed by atoms with Crippen LogP contribution in [0.1, 0.15) is 18.4 Å². The summed E-state index contributed by atoms with van der Waals surface area (Å²) in [6.07, 6.45) is 6.07. The van der Waals surface area contributed by atoms with Crippen molar-refractivity contribution in [1.29, 1.82) is 0 Å². The predicted octanol–water partition coefficient (Wildman–Crippen LogP) is 0.790. The van der Waals surface area contributed by atoms with Crippen LogP contribution in [0.25, 0.3) is 0 Å². The number of hydrogen-bond acceptors (Lipinski definition) is 2. The topological polar surface area (TPSA) is 43.8 Å². The Hall–Kier alpha value is -0.540. The van der Waals surface area contributed by atoms with E-state index in [0.29, 0.717) is 0 Å². The fourth-order valence-corrected chi connectivity index (χ4v) is 1.10. The Kier molecular flexibility index (Phi) is 1.94. The quantitative estimate of drug-likeness (QED) is 0.683.